The van der Waals surface area contributed by atoms with E-state index in [0.717, 1.165) is 13.1 Å². The van der Waals surface area contributed by atoms with Crippen molar-refractivity contribution < 1.29 is 9.72 Å². The number of Topliss-reactive ketones (excluding diaryl/α,β-unsaturated/α-hetero) is 1. The highest BCUT2D eigenvalue weighted by molar-refractivity contribution is 9.10. The van der Waals surface area contributed by atoms with Crippen LogP contribution in [0.2, 0.25) is 0 Å². The molecule has 2 N–H and O–H groups in total. The van der Waals surface area contributed by atoms with Crippen LogP contribution in [-0.4, -0.2) is 15.7 Å². The van der Waals surface area contributed by atoms with E-state index in [0.29, 0.717) is 0 Å². The summed E-state index contributed by atoms with van der Waals surface area (Å²) >= 11 is 2.96. The first-order chi connectivity index (χ1) is 13.0. The Kier molecular flexibility index (Phi) is 7.91. The Morgan fingerprint density at radius 3 is 1.85 bits per heavy atom. The van der Waals surface area contributed by atoms with E-state index in [4.69, 9.17) is 0 Å². The number of nitrogens with zero attached hydrogens (tertiary/aromatic N) is 1. The molecule has 3 rings (SSSR count). The van der Waals surface area contributed by atoms with Crippen LogP contribution in [0, 0.1) is 10.1 Å². The zero-order valence-electron chi connectivity index (χ0n) is 14.8. The second kappa shape index (κ2) is 10.4. The number of ketones is 1. The van der Waals surface area contributed by atoms with Gasteiger partial charge in [0.2, 0.25) is 0 Å². The maximum absolute atomic E-state index is 10.8. The van der Waals surface area contributed by atoms with E-state index < -0.39 is 4.92 Å². The van der Waals surface area contributed by atoms with Crippen LogP contribution in [0.1, 0.15) is 28.5 Å². The number of aromatic nitrogens is 1. The molecule has 140 valence electrons. The van der Waals surface area contributed by atoms with Gasteiger partial charge in [0.15, 0.2) is 11.5 Å². The minimum atomic E-state index is -0.587. The predicted octanol–water partition coefficient (Wildman–Crippen LogP) is 4.86. The van der Waals surface area contributed by atoms with Crippen molar-refractivity contribution in [2.24, 2.45) is 0 Å². The van der Waals surface area contributed by atoms with E-state index in [1.807, 2.05) is 12.1 Å². The molecule has 7 heteroatoms. The van der Waals surface area contributed by atoms with Crippen LogP contribution in [0.4, 0.5) is 5.82 Å². The smallest absolute Gasteiger partial charge is 0.335 e. The highest BCUT2D eigenvalue weighted by Gasteiger charge is 2.17. The zero-order chi connectivity index (χ0) is 19.6. The van der Waals surface area contributed by atoms with Gasteiger partial charge in [-0.05, 0) is 32.0 Å². The molecule has 27 heavy (non-hydrogen) atoms. The molecular formula is C20H20BrN3O3. The molecule has 0 saturated carbocycles. The molecule has 0 amide bonds. The van der Waals surface area contributed by atoms with Crippen molar-refractivity contribution in [1.29, 1.82) is 0 Å². The van der Waals surface area contributed by atoms with Crippen LogP contribution < -0.4 is 5.32 Å². The molecule has 1 aromatic heterocycles. The number of H-pyrrole nitrogens is 1. The number of hydrogen-bond acceptors (Lipinski definition) is 4. The summed E-state index contributed by atoms with van der Waals surface area (Å²) < 4.78 is 0.290. The van der Waals surface area contributed by atoms with E-state index in [1.165, 1.54) is 24.1 Å². The fraction of sp³-hybridized carbons (Fsp3) is 0.150. The van der Waals surface area contributed by atoms with Crippen molar-refractivity contribution in [1.82, 2.24) is 10.3 Å². The third-order valence-corrected chi connectivity index (χ3v) is 4.26. The summed E-state index contributed by atoms with van der Waals surface area (Å²) in [6.45, 7) is 3.19. The predicted molar refractivity (Wildman–Crippen MR) is 109 cm³/mol. The number of rotatable bonds is 6. The van der Waals surface area contributed by atoms with E-state index in [1.54, 1.807) is 0 Å². The zero-order valence-corrected chi connectivity index (χ0v) is 16.4. The van der Waals surface area contributed by atoms with Gasteiger partial charge in [-0.3, -0.25) is 4.79 Å². The molecule has 3 aromatic rings. The fourth-order valence-electron chi connectivity index (χ4n) is 2.28. The fourth-order valence-corrected chi connectivity index (χ4v) is 2.76. The van der Waals surface area contributed by atoms with Gasteiger partial charge in [-0.2, -0.15) is 0 Å². The summed E-state index contributed by atoms with van der Waals surface area (Å²) in [5, 5.41) is 13.7. The van der Waals surface area contributed by atoms with Gasteiger partial charge in [0.25, 0.3) is 0 Å². The molecule has 1 heterocycles. The Bertz CT molecular complexity index is 841. The van der Waals surface area contributed by atoms with Crippen molar-refractivity contribution in [3.8, 4) is 0 Å². The van der Waals surface area contributed by atoms with Crippen molar-refractivity contribution in [3.63, 3.8) is 0 Å². The summed E-state index contributed by atoms with van der Waals surface area (Å²) in [5.41, 5.74) is 2.88. The molecule has 0 radical (unpaired) electrons. The second-order valence-electron chi connectivity index (χ2n) is 5.77. The van der Waals surface area contributed by atoms with Gasteiger partial charge in [0.1, 0.15) is 4.47 Å². The van der Waals surface area contributed by atoms with Gasteiger partial charge in [-0.1, -0.05) is 60.7 Å². The number of nitro groups is 1. The van der Waals surface area contributed by atoms with Crippen molar-refractivity contribution in [2.75, 3.05) is 0 Å². The van der Waals surface area contributed by atoms with Gasteiger partial charge in [0, 0.05) is 26.1 Å². The first kappa shape index (κ1) is 20.5. The van der Waals surface area contributed by atoms with Gasteiger partial charge >= 0.3 is 5.82 Å². The lowest BCUT2D eigenvalue weighted by Crippen LogP contribution is -2.12. The Labute approximate surface area is 165 Å². The van der Waals surface area contributed by atoms with E-state index in [2.05, 4.69) is 74.8 Å². The monoisotopic (exact) mass is 429 g/mol. The minimum absolute atomic E-state index is 0.194. The quantitative estimate of drug-likeness (QED) is 0.332. The summed E-state index contributed by atoms with van der Waals surface area (Å²) in [5.74, 6) is -0.427. The normalized spacial score (nSPS) is 10.0. The third-order valence-electron chi connectivity index (χ3n) is 3.66. The van der Waals surface area contributed by atoms with Crippen LogP contribution in [0.5, 0.6) is 0 Å². The molecule has 0 aliphatic carbocycles. The topological polar surface area (TPSA) is 88.0 Å². The number of hydrogen-bond donors (Lipinski definition) is 2. The number of nitrogens with one attached hydrogen (secondary N) is 2. The molecule has 0 saturated heterocycles. The highest BCUT2D eigenvalue weighted by Crippen LogP contribution is 2.24. The molecule has 0 aliphatic rings. The molecule has 0 fully saturated rings. The van der Waals surface area contributed by atoms with Crippen molar-refractivity contribution in [3.05, 3.63) is 98.1 Å². The molecule has 0 atom stereocenters. The second-order valence-corrected chi connectivity index (χ2v) is 6.62. The third kappa shape index (κ3) is 6.80. The van der Waals surface area contributed by atoms with Gasteiger partial charge in [-0.25, -0.2) is 4.98 Å². The van der Waals surface area contributed by atoms with E-state index in [-0.39, 0.29) is 21.8 Å². The maximum Gasteiger partial charge on any atom is 0.335 e. The Hall–Kier alpha value is -2.77. The number of carbonyl (C=O) groups is 1. The maximum atomic E-state index is 10.8. The number of halogens is 1. The Morgan fingerprint density at radius 1 is 1.04 bits per heavy atom. The Balaban J connectivity index is 0.000000199. The summed E-state index contributed by atoms with van der Waals surface area (Å²) in [6.07, 6.45) is 0. The lowest BCUT2D eigenvalue weighted by Gasteiger charge is -2.04. The van der Waals surface area contributed by atoms with Gasteiger partial charge in [-0.15, -0.1) is 0 Å². The average molecular weight is 430 g/mol. The first-order valence-electron chi connectivity index (χ1n) is 8.29. The number of aromatic amines is 1. The molecule has 2 aromatic carbocycles. The SMILES string of the molecule is CC(=O)c1cc(Br)c([N+](=O)[O-])[nH]1.c1ccc(CNCc2ccccc2)cc1. The summed E-state index contributed by atoms with van der Waals surface area (Å²) in [6, 6.07) is 22.3. The van der Waals surface area contributed by atoms with Crippen molar-refractivity contribution >= 4 is 27.5 Å². The van der Waals surface area contributed by atoms with E-state index in [9.17, 15) is 14.9 Å². The van der Waals surface area contributed by atoms with Crippen LogP contribution in [0.15, 0.2) is 71.2 Å². The van der Waals surface area contributed by atoms with Crippen molar-refractivity contribution in [2.45, 2.75) is 20.0 Å². The molecule has 0 aliphatic heterocycles. The summed E-state index contributed by atoms with van der Waals surface area (Å²) in [7, 11) is 0. The molecule has 0 bridgehead atoms. The van der Waals surface area contributed by atoms with Crippen LogP contribution in [0.3, 0.4) is 0 Å². The van der Waals surface area contributed by atoms with Gasteiger partial charge in [0.05, 0.1) is 0 Å². The molecule has 6 nitrogen and oxygen atoms in total. The highest BCUT2D eigenvalue weighted by atomic mass is 79.9. The standard InChI is InChI=1S/C14H15N.C6H5BrN2O3/c1-3-7-13(8-4-1)11-15-12-14-9-5-2-6-10-14;1-3(10)5-2-4(7)6(8-5)9(11)12/h1-10,15H,11-12H2;2,8H,1H3. The number of benzene rings is 2. The summed E-state index contributed by atoms with van der Waals surface area (Å²) in [4.78, 5) is 22.8. The lowest BCUT2D eigenvalue weighted by molar-refractivity contribution is -0.390. The minimum Gasteiger partial charge on any atom is -0.358 e. The molecule has 0 unspecified atom stereocenters. The number of carbonyl (C=O) groups excluding carboxylic acids is 1. The van der Waals surface area contributed by atoms with Crippen LogP contribution in [-0.2, 0) is 13.1 Å². The lowest BCUT2D eigenvalue weighted by atomic mass is 10.2. The largest absolute Gasteiger partial charge is 0.358 e. The molecule has 0 spiro atoms. The Morgan fingerprint density at radius 2 is 1.52 bits per heavy atom. The van der Waals surface area contributed by atoms with E-state index >= 15 is 0 Å². The van der Waals surface area contributed by atoms with Crippen LogP contribution in [0.25, 0.3) is 0 Å². The van der Waals surface area contributed by atoms with Gasteiger partial charge < -0.3 is 15.4 Å². The average Bonchev–Trinajstić information content (AvgIpc) is 3.07. The molecular weight excluding hydrogens is 410 g/mol. The van der Waals surface area contributed by atoms with Crippen LogP contribution >= 0.6 is 15.9 Å². The first-order valence-corrected chi connectivity index (χ1v) is 9.09.